The molecule has 0 aliphatic rings. The summed E-state index contributed by atoms with van der Waals surface area (Å²) in [5.74, 6) is -1.24. The number of carboxylic acid groups (broad SMARTS) is 1. The van der Waals surface area contributed by atoms with Gasteiger partial charge in [0.15, 0.2) is 0 Å². The van der Waals surface area contributed by atoms with Gasteiger partial charge < -0.3 is 10.1 Å². The molecule has 0 amide bonds. The van der Waals surface area contributed by atoms with E-state index in [4.69, 9.17) is 5.11 Å². The van der Waals surface area contributed by atoms with E-state index in [1.54, 1.807) is 0 Å². The van der Waals surface area contributed by atoms with E-state index in [1.807, 2.05) is 0 Å². The predicted octanol–water partition coefficient (Wildman–Crippen LogP) is 0.381. The van der Waals surface area contributed by atoms with E-state index in [0.29, 0.717) is 0 Å². The molecule has 78 valence electrons. The number of hydrogen-bond donors (Lipinski definition) is 2. The number of nitrogens with zero attached hydrogens (tertiary/aromatic N) is 1. The van der Waals surface area contributed by atoms with Crippen molar-refractivity contribution in [2.24, 2.45) is 0 Å². The fraction of sp³-hybridized carbons (Fsp3) is 0. The van der Waals surface area contributed by atoms with E-state index in [9.17, 15) is 19.7 Å². The summed E-state index contributed by atoms with van der Waals surface area (Å²) in [6.07, 6.45) is 2.67. The molecular weight excluding hydrogens is 204 g/mol. The molecule has 1 rings (SSSR count). The van der Waals surface area contributed by atoms with Crippen molar-refractivity contribution in [1.82, 2.24) is 4.98 Å². The molecule has 0 atom stereocenters. The number of aromatic amines is 1. The SMILES string of the molecule is O=C(O)C=Cc1cc([N+](=O)[O-])c[nH]c1=O. The smallest absolute Gasteiger partial charge is 0.328 e. The largest absolute Gasteiger partial charge is 0.478 e. The molecule has 0 aliphatic heterocycles. The number of aliphatic carboxylic acids is 1. The molecule has 0 aromatic carbocycles. The zero-order valence-electron chi connectivity index (χ0n) is 7.34. The van der Waals surface area contributed by atoms with Gasteiger partial charge in [0.1, 0.15) is 0 Å². The molecule has 0 aliphatic carbocycles. The molecule has 7 heteroatoms. The van der Waals surface area contributed by atoms with Crippen LogP contribution in [0.2, 0.25) is 0 Å². The van der Waals surface area contributed by atoms with Crippen LogP contribution in [0.15, 0.2) is 23.1 Å². The monoisotopic (exact) mass is 210 g/mol. The number of carbonyl (C=O) groups is 1. The number of carboxylic acids is 1. The lowest BCUT2D eigenvalue weighted by Crippen LogP contribution is -2.09. The Labute approximate surface area is 82.8 Å². The van der Waals surface area contributed by atoms with Gasteiger partial charge in [-0.2, -0.15) is 0 Å². The number of pyridine rings is 1. The van der Waals surface area contributed by atoms with Crippen molar-refractivity contribution in [3.63, 3.8) is 0 Å². The van der Waals surface area contributed by atoms with Gasteiger partial charge in [0.05, 0.1) is 11.1 Å². The summed E-state index contributed by atoms with van der Waals surface area (Å²) in [7, 11) is 0. The van der Waals surface area contributed by atoms with Crippen LogP contribution in [0.4, 0.5) is 5.69 Å². The molecule has 15 heavy (non-hydrogen) atoms. The summed E-state index contributed by atoms with van der Waals surface area (Å²) in [5, 5.41) is 18.7. The first-order valence-electron chi connectivity index (χ1n) is 3.79. The van der Waals surface area contributed by atoms with Crippen LogP contribution in [0.3, 0.4) is 0 Å². The molecule has 0 radical (unpaired) electrons. The Morgan fingerprint density at radius 1 is 1.60 bits per heavy atom. The average molecular weight is 210 g/mol. The van der Waals surface area contributed by atoms with Crippen LogP contribution >= 0.6 is 0 Å². The maximum Gasteiger partial charge on any atom is 0.328 e. The first-order valence-corrected chi connectivity index (χ1v) is 3.79. The highest BCUT2D eigenvalue weighted by molar-refractivity contribution is 5.85. The summed E-state index contributed by atoms with van der Waals surface area (Å²) in [6.45, 7) is 0. The quantitative estimate of drug-likeness (QED) is 0.425. The molecule has 0 fully saturated rings. The van der Waals surface area contributed by atoms with Gasteiger partial charge in [-0.25, -0.2) is 4.79 Å². The lowest BCUT2D eigenvalue weighted by molar-refractivity contribution is -0.385. The van der Waals surface area contributed by atoms with Crippen LogP contribution < -0.4 is 5.56 Å². The standard InChI is InChI=1S/C8H6N2O5/c11-7(12)2-1-5-3-6(10(14)15)4-9-8(5)13/h1-4H,(H,9,13)(H,11,12). The summed E-state index contributed by atoms with van der Waals surface area (Å²) in [5.41, 5.74) is -0.968. The lowest BCUT2D eigenvalue weighted by Gasteiger charge is -1.92. The molecule has 0 saturated carbocycles. The Kier molecular flexibility index (Phi) is 2.97. The summed E-state index contributed by atoms with van der Waals surface area (Å²) in [4.78, 5) is 33.0. The fourth-order valence-corrected chi connectivity index (χ4v) is 0.880. The molecule has 0 spiro atoms. The van der Waals surface area contributed by atoms with Crippen molar-refractivity contribution < 1.29 is 14.8 Å². The number of H-pyrrole nitrogens is 1. The van der Waals surface area contributed by atoms with Crippen LogP contribution in [0.5, 0.6) is 0 Å². The van der Waals surface area contributed by atoms with Gasteiger partial charge in [0, 0.05) is 17.7 Å². The molecule has 0 bridgehead atoms. The van der Waals surface area contributed by atoms with Gasteiger partial charge in [0.25, 0.3) is 11.2 Å². The molecule has 1 aromatic heterocycles. The summed E-state index contributed by atoms with van der Waals surface area (Å²) >= 11 is 0. The first-order chi connectivity index (χ1) is 7.00. The first kappa shape index (κ1) is 10.6. The number of nitro groups is 1. The third-order valence-corrected chi connectivity index (χ3v) is 1.53. The number of aromatic nitrogens is 1. The Morgan fingerprint density at radius 2 is 2.27 bits per heavy atom. The van der Waals surface area contributed by atoms with E-state index < -0.39 is 16.5 Å². The van der Waals surface area contributed by atoms with Crippen LogP contribution in [0.1, 0.15) is 5.56 Å². The highest BCUT2D eigenvalue weighted by Crippen LogP contribution is 2.08. The number of hydrogen-bond acceptors (Lipinski definition) is 4. The van der Waals surface area contributed by atoms with E-state index in [-0.39, 0.29) is 11.3 Å². The normalized spacial score (nSPS) is 10.4. The Hall–Kier alpha value is -2.44. The second-order valence-corrected chi connectivity index (χ2v) is 2.57. The molecule has 1 heterocycles. The van der Waals surface area contributed by atoms with E-state index in [0.717, 1.165) is 24.4 Å². The lowest BCUT2D eigenvalue weighted by atomic mass is 10.2. The van der Waals surface area contributed by atoms with Crippen LogP contribution in [-0.4, -0.2) is 21.0 Å². The molecule has 1 aromatic rings. The van der Waals surface area contributed by atoms with Gasteiger partial charge in [-0.05, 0) is 6.08 Å². The highest BCUT2D eigenvalue weighted by Gasteiger charge is 2.07. The highest BCUT2D eigenvalue weighted by atomic mass is 16.6. The van der Waals surface area contributed by atoms with E-state index in [1.165, 1.54) is 0 Å². The molecule has 0 saturated heterocycles. The summed E-state index contributed by atoms with van der Waals surface area (Å²) < 4.78 is 0. The number of rotatable bonds is 3. The van der Waals surface area contributed by atoms with Gasteiger partial charge in [-0.1, -0.05) is 0 Å². The Morgan fingerprint density at radius 3 is 2.80 bits per heavy atom. The van der Waals surface area contributed by atoms with Crippen molar-refractivity contribution in [1.29, 1.82) is 0 Å². The minimum atomic E-state index is -1.24. The van der Waals surface area contributed by atoms with Crippen LogP contribution in [0, 0.1) is 10.1 Å². The predicted molar refractivity (Wildman–Crippen MR) is 50.4 cm³/mol. The maximum atomic E-state index is 11.1. The second-order valence-electron chi connectivity index (χ2n) is 2.57. The second kappa shape index (κ2) is 4.18. The van der Waals surface area contributed by atoms with E-state index in [2.05, 4.69) is 4.98 Å². The van der Waals surface area contributed by atoms with Crippen molar-refractivity contribution in [2.45, 2.75) is 0 Å². The summed E-state index contributed by atoms with van der Waals surface area (Å²) in [6, 6.07) is 0.998. The molecular formula is C8H6N2O5. The van der Waals surface area contributed by atoms with Gasteiger partial charge in [-0.3, -0.25) is 14.9 Å². The van der Waals surface area contributed by atoms with Crippen molar-refractivity contribution in [3.05, 3.63) is 44.4 Å². The minimum Gasteiger partial charge on any atom is -0.478 e. The Balaban J connectivity index is 3.17. The maximum absolute atomic E-state index is 11.1. The zero-order valence-corrected chi connectivity index (χ0v) is 7.34. The fourth-order valence-electron chi connectivity index (χ4n) is 0.880. The third-order valence-electron chi connectivity index (χ3n) is 1.53. The van der Waals surface area contributed by atoms with Crippen molar-refractivity contribution in [3.8, 4) is 0 Å². The topological polar surface area (TPSA) is 113 Å². The zero-order chi connectivity index (χ0) is 11.4. The van der Waals surface area contributed by atoms with Gasteiger partial charge in [0.2, 0.25) is 0 Å². The van der Waals surface area contributed by atoms with Gasteiger partial charge >= 0.3 is 5.97 Å². The average Bonchev–Trinajstić information content (AvgIpc) is 2.16. The molecule has 0 unspecified atom stereocenters. The number of nitrogens with one attached hydrogen (secondary N) is 1. The van der Waals surface area contributed by atoms with Crippen LogP contribution in [0.25, 0.3) is 6.08 Å². The van der Waals surface area contributed by atoms with Crippen LogP contribution in [-0.2, 0) is 4.79 Å². The van der Waals surface area contributed by atoms with Gasteiger partial charge in [-0.15, -0.1) is 0 Å². The third kappa shape index (κ3) is 2.76. The van der Waals surface area contributed by atoms with E-state index >= 15 is 0 Å². The Bertz CT molecular complexity index is 488. The minimum absolute atomic E-state index is 0.0772. The molecule has 7 nitrogen and oxygen atoms in total. The van der Waals surface area contributed by atoms with Crippen molar-refractivity contribution in [2.75, 3.05) is 0 Å². The molecule has 2 N–H and O–H groups in total. The van der Waals surface area contributed by atoms with Crippen molar-refractivity contribution >= 4 is 17.7 Å².